The van der Waals surface area contributed by atoms with E-state index in [0.717, 1.165) is 0 Å². The van der Waals surface area contributed by atoms with Crippen molar-refractivity contribution in [3.8, 4) is 6.07 Å². The number of rotatable bonds is 4. The van der Waals surface area contributed by atoms with E-state index in [-0.39, 0.29) is 12.8 Å². The summed E-state index contributed by atoms with van der Waals surface area (Å²) in [5, 5.41) is 10.8. The smallest absolute Gasteiger partial charge is 0.408 e. The van der Waals surface area contributed by atoms with Gasteiger partial charge in [-0.05, 0) is 27.2 Å². The quantitative estimate of drug-likeness (QED) is 0.752. The summed E-state index contributed by atoms with van der Waals surface area (Å²) in [6.45, 7) is 5.15. The Morgan fingerprint density at radius 1 is 1.41 bits per heavy atom. The Morgan fingerprint density at radius 2 is 2.00 bits per heavy atom. The van der Waals surface area contributed by atoms with E-state index in [1.165, 1.54) is 7.11 Å². The summed E-state index contributed by atoms with van der Waals surface area (Å²) in [6, 6.07) is 1.05. The Kier molecular flexibility index (Phi) is 6.03. The summed E-state index contributed by atoms with van der Waals surface area (Å²) in [7, 11) is 1.22. The van der Waals surface area contributed by atoms with Gasteiger partial charge < -0.3 is 14.8 Å². The van der Waals surface area contributed by atoms with Crippen LogP contribution < -0.4 is 5.32 Å². The third-order valence-electron chi connectivity index (χ3n) is 1.72. The number of esters is 1. The molecule has 0 fully saturated rings. The van der Waals surface area contributed by atoms with E-state index in [4.69, 9.17) is 10.00 Å². The number of alkyl carbamates (subject to hydrolysis) is 1. The molecule has 0 rings (SSSR count). The van der Waals surface area contributed by atoms with Crippen molar-refractivity contribution in [1.82, 2.24) is 5.32 Å². The van der Waals surface area contributed by atoms with E-state index < -0.39 is 23.7 Å². The molecular formula is C11H18N2O4. The van der Waals surface area contributed by atoms with Gasteiger partial charge in [-0.3, -0.25) is 0 Å². The van der Waals surface area contributed by atoms with Crippen LogP contribution in [0, 0.1) is 11.3 Å². The minimum absolute atomic E-state index is 0.148. The van der Waals surface area contributed by atoms with Crippen LogP contribution in [-0.4, -0.2) is 30.8 Å². The number of nitrogens with one attached hydrogen (secondary N) is 1. The summed E-state index contributed by atoms with van der Waals surface area (Å²) in [5.41, 5.74) is -0.639. The summed E-state index contributed by atoms with van der Waals surface area (Å²) < 4.78 is 9.52. The first-order valence-corrected chi connectivity index (χ1v) is 5.24. The van der Waals surface area contributed by atoms with Gasteiger partial charge in [0, 0.05) is 6.42 Å². The summed E-state index contributed by atoms with van der Waals surface area (Å²) >= 11 is 0. The van der Waals surface area contributed by atoms with Crippen molar-refractivity contribution in [2.75, 3.05) is 7.11 Å². The molecule has 6 heteroatoms. The second kappa shape index (κ2) is 6.74. The largest absolute Gasteiger partial charge is 0.467 e. The molecule has 0 saturated carbocycles. The van der Waals surface area contributed by atoms with Crippen LogP contribution >= 0.6 is 0 Å². The summed E-state index contributed by atoms with van der Waals surface area (Å²) in [6.07, 6.45) is -0.358. The van der Waals surface area contributed by atoms with Gasteiger partial charge in [0.25, 0.3) is 0 Å². The maximum Gasteiger partial charge on any atom is 0.408 e. The minimum atomic E-state index is -0.852. The van der Waals surface area contributed by atoms with Gasteiger partial charge in [0.2, 0.25) is 0 Å². The molecule has 6 nitrogen and oxygen atoms in total. The minimum Gasteiger partial charge on any atom is -0.467 e. The van der Waals surface area contributed by atoms with Gasteiger partial charge in [-0.15, -0.1) is 0 Å². The number of amides is 1. The van der Waals surface area contributed by atoms with Crippen LogP contribution in [0.3, 0.4) is 0 Å². The number of nitrogens with zero attached hydrogens (tertiary/aromatic N) is 1. The van der Waals surface area contributed by atoms with E-state index in [1.807, 2.05) is 6.07 Å². The molecule has 0 unspecified atom stereocenters. The van der Waals surface area contributed by atoms with Crippen LogP contribution in [0.5, 0.6) is 0 Å². The van der Waals surface area contributed by atoms with E-state index in [1.54, 1.807) is 20.8 Å². The second-order valence-corrected chi connectivity index (χ2v) is 4.42. The van der Waals surface area contributed by atoms with E-state index in [2.05, 4.69) is 10.1 Å². The Hall–Kier alpha value is -1.77. The van der Waals surface area contributed by atoms with E-state index >= 15 is 0 Å². The number of nitriles is 1. The lowest BCUT2D eigenvalue weighted by molar-refractivity contribution is -0.143. The molecule has 96 valence electrons. The van der Waals surface area contributed by atoms with Gasteiger partial charge in [0.1, 0.15) is 11.6 Å². The third-order valence-corrected chi connectivity index (χ3v) is 1.72. The number of carbonyl (C=O) groups excluding carboxylic acids is 2. The zero-order valence-corrected chi connectivity index (χ0v) is 10.6. The molecule has 0 aliphatic carbocycles. The molecule has 1 N–H and O–H groups in total. The van der Waals surface area contributed by atoms with E-state index in [0.29, 0.717) is 0 Å². The highest BCUT2D eigenvalue weighted by Crippen LogP contribution is 2.08. The normalized spacial score (nSPS) is 12.2. The topological polar surface area (TPSA) is 88.4 Å². The zero-order valence-electron chi connectivity index (χ0n) is 10.6. The Bertz CT molecular complexity index is 314. The standard InChI is InChI=1S/C11H18N2O4/c1-11(2,3)17-10(15)13-8(6-5-7-12)9(14)16-4/h8H,5-6H2,1-4H3,(H,13,15)/t8-/m0/s1. The van der Waals surface area contributed by atoms with Crippen molar-refractivity contribution >= 4 is 12.1 Å². The van der Waals surface area contributed by atoms with Gasteiger partial charge in [-0.1, -0.05) is 0 Å². The van der Waals surface area contributed by atoms with Crippen LogP contribution in [0.4, 0.5) is 4.79 Å². The molecule has 1 atom stereocenters. The fourth-order valence-electron chi connectivity index (χ4n) is 1.05. The first-order valence-electron chi connectivity index (χ1n) is 5.24. The average Bonchev–Trinajstić information content (AvgIpc) is 2.20. The molecule has 0 aliphatic heterocycles. The van der Waals surface area contributed by atoms with Crippen LogP contribution in [0.15, 0.2) is 0 Å². The lowest BCUT2D eigenvalue weighted by Crippen LogP contribution is -2.43. The molecule has 17 heavy (non-hydrogen) atoms. The molecule has 0 spiro atoms. The highest BCUT2D eigenvalue weighted by Gasteiger charge is 2.24. The lowest BCUT2D eigenvalue weighted by atomic mass is 10.1. The number of ether oxygens (including phenoxy) is 2. The Morgan fingerprint density at radius 3 is 2.41 bits per heavy atom. The molecule has 0 saturated heterocycles. The van der Waals surface area contributed by atoms with Gasteiger partial charge >= 0.3 is 12.1 Å². The highest BCUT2D eigenvalue weighted by molar-refractivity contribution is 5.81. The zero-order chi connectivity index (χ0) is 13.5. The van der Waals surface area contributed by atoms with Crippen molar-refractivity contribution in [1.29, 1.82) is 5.26 Å². The summed E-state index contributed by atoms with van der Waals surface area (Å²) in [5.74, 6) is -0.592. The van der Waals surface area contributed by atoms with Crippen LogP contribution in [-0.2, 0) is 14.3 Å². The molecule has 0 bridgehead atoms. The molecule has 0 heterocycles. The predicted molar refractivity (Wildman–Crippen MR) is 60.0 cm³/mol. The Labute approximate surface area is 101 Å². The third kappa shape index (κ3) is 7.17. The van der Waals surface area contributed by atoms with E-state index in [9.17, 15) is 9.59 Å². The molecule has 1 amide bonds. The molecule has 0 radical (unpaired) electrons. The van der Waals surface area contributed by atoms with Gasteiger partial charge in [0.15, 0.2) is 0 Å². The van der Waals surface area contributed by atoms with Crippen molar-refractivity contribution in [3.05, 3.63) is 0 Å². The van der Waals surface area contributed by atoms with Gasteiger partial charge in [0.05, 0.1) is 13.2 Å². The molecule has 0 aromatic heterocycles. The van der Waals surface area contributed by atoms with Crippen LogP contribution in [0.1, 0.15) is 33.6 Å². The molecule has 0 aliphatic rings. The molecular weight excluding hydrogens is 224 g/mol. The number of methoxy groups -OCH3 is 1. The molecule has 0 aromatic rings. The maximum atomic E-state index is 11.4. The van der Waals surface area contributed by atoms with Crippen molar-refractivity contribution < 1.29 is 19.1 Å². The second-order valence-electron chi connectivity index (χ2n) is 4.42. The van der Waals surface area contributed by atoms with Crippen molar-refractivity contribution in [2.45, 2.75) is 45.3 Å². The SMILES string of the molecule is COC(=O)[C@H](CCC#N)NC(=O)OC(C)(C)C. The first-order chi connectivity index (χ1) is 7.80. The number of carbonyl (C=O) groups is 2. The maximum absolute atomic E-state index is 11.4. The van der Waals surface area contributed by atoms with Gasteiger partial charge in [-0.25, -0.2) is 9.59 Å². The van der Waals surface area contributed by atoms with Gasteiger partial charge in [-0.2, -0.15) is 5.26 Å². The average molecular weight is 242 g/mol. The predicted octanol–water partition coefficient (Wildman–Crippen LogP) is 1.36. The Balaban J connectivity index is 4.38. The van der Waals surface area contributed by atoms with Crippen LogP contribution in [0.25, 0.3) is 0 Å². The molecule has 0 aromatic carbocycles. The number of hydrogen-bond donors (Lipinski definition) is 1. The highest BCUT2D eigenvalue weighted by atomic mass is 16.6. The lowest BCUT2D eigenvalue weighted by Gasteiger charge is -2.22. The van der Waals surface area contributed by atoms with Crippen LogP contribution in [0.2, 0.25) is 0 Å². The number of hydrogen-bond acceptors (Lipinski definition) is 5. The van der Waals surface area contributed by atoms with Crippen molar-refractivity contribution in [2.24, 2.45) is 0 Å². The van der Waals surface area contributed by atoms with Crippen molar-refractivity contribution in [3.63, 3.8) is 0 Å². The fourth-order valence-corrected chi connectivity index (χ4v) is 1.05. The monoisotopic (exact) mass is 242 g/mol. The first kappa shape index (κ1) is 15.2. The summed E-state index contributed by atoms with van der Waals surface area (Å²) in [4.78, 5) is 22.7. The fraction of sp³-hybridized carbons (Fsp3) is 0.727.